The van der Waals surface area contributed by atoms with E-state index in [0.29, 0.717) is 12.3 Å². The number of nitrogens with zero attached hydrogens (tertiary/aromatic N) is 4. The van der Waals surface area contributed by atoms with Gasteiger partial charge in [0.25, 0.3) is 0 Å². The zero-order chi connectivity index (χ0) is 22.2. The first-order chi connectivity index (χ1) is 15.0. The average molecular weight is 423 g/mol. The summed E-state index contributed by atoms with van der Waals surface area (Å²) < 4.78 is 0. The second kappa shape index (κ2) is 11.3. The molecule has 168 valence electrons. The topological polar surface area (TPSA) is 49.3 Å². The number of hydrogen-bond acceptors (Lipinski definition) is 4. The van der Waals surface area contributed by atoms with Crippen LogP contribution in [0.2, 0.25) is 0 Å². The molecule has 1 aliphatic rings. The average Bonchev–Trinajstić information content (AvgIpc) is 2.75. The van der Waals surface area contributed by atoms with Crippen LogP contribution in [0.4, 0.5) is 5.82 Å². The second-order valence-corrected chi connectivity index (χ2v) is 8.86. The molecule has 5 nitrogen and oxygen atoms in total. The van der Waals surface area contributed by atoms with E-state index in [2.05, 4.69) is 54.9 Å². The minimum Gasteiger partial charge on any atom is -0.353 e. The molecule has 0 unspecified atom stereocenters. The molecule has 0 radical (unpaired) electrons. The zero-order valence-electron chi connectivity index (χ0n) is 19.8. The van der Waals surface area contributed by atoms with Gasteiger partial charge in [-0.15, -0.1) is 0 Å². The molecule has 0 spiro atoms. The fraction of sp³-hybridized carbons (Fsp3) is 0.577. The molecule has 0 saturated carbocycles. The molecule has 2 aromatic rings. The monoisotopic (exact) mass is 422 g/mol. The van der Waals surface area contributed by atoms with Gasteiger partial charge in [0.1, 0.15) is 11.6 Å². The minimum atomic E-state index is 0.311. The standard InChI is InChI=1S/C26H38N4O/c1-5-6-7-8-9-13-25(31)29-14-16-30(17-15-29)26-24(21(3)27-22(4)28-26)19-23-12-10-11-20(2)18-23/h10-12,18H,5-9,13-17,19H2,1-4H3. The molecule has 2 heterocycles. The molecule has 0 aliphatic carbocycles. The number of carbonyl (C=O) groups is 1. The van der Waals surface area contributed by atoms with Crippen molar-refractivity contribution in [3.63, 3.8) is 0 Å². The maximum absolute atomic E-state index is 12.6. The van der Waals surface area contributed by atoms with E-state index in [-0.39, 0.29) is 0 Å². The third-order valence-corrected chi connectivity index (χ3v) is 6.19. The van der Waals surface area contributed by atoms with Crippen molar-refractivity contribution < 1.29 is 4.79 Å². The highest BCUT2D eigenvalue weighted by molar-refractivity contribution is 5.76. The largest absolute Gasteiger partial charge is 0.353 e. The van der Waals surface area contributed by atoms with Gasteiger partial charge in [-0.1, -0.05) is 62.4 Å². The lowest BCUT2D eigenvalue weighted by Gasteiger charge is -2.36. The van der Waals surface area contributed by atoms with Crippen LogP contribution in [0.15, 0.2) is 24.3 Å². The van der Waals surface area contributed by atoms with Crippen LogP contribution in [0.5, 0.6) is 0 Å². The Labute approximate surface area is 187 Å². The van der Waals surface area contributed by atoms with Crippen molar-refractivity contribution in [3.05, 3.63) is 52.5 Å². The summed E-state index contributed by atoms with van der Waals surface area (Å²) in [6, 6.07) is 8.65. The Morgan fingerprint density at radius 1 is 0.968 bits per heavy atom. The number of anilines is 1. The van der Waals surface area contributed by atoms with Gasteiger partial charge in [0.15, 0.2) is 0 Å². The number of rotatable bonds is 9. The molecule has 1 saturated heterocycles. The Balaban J connectivity index is 1.64. The quantitative estimate of drug-likeness (QED) is 0.534. The fourth-order valence-corrected chi connectivity index (χ4v) is 4.42. The molecule has 0 N–H and O–H groups in total. The van der Waals surface area contributed by atoms with Crippen LogP contribution in [0, 0.1) is 20.8 Å². The number of aromatic nitrogens is 2. The molecule has 0 atom stereocenters. The van der Waals surface area contributed by atoms with Gasteiger partial charge in [-0.05, 0) is 32.8 Å². The third kappa shape index (κ3) is 6.52. The highest BCUT2D eigenvalue weighted by Gasteiger charge is 2.24. The Morgan fingerprint density at radius 2 is 1.71 bits per heavy atom. The van der Waals surface area contributed by atoms with Gasteiger partial charge in [-0.2, -0.15) is 0 Å². The van der Waals surface area contributed by atoms with Crippen LogP contribution in [0.3, 0.4) is 0 Å². The summed E-state index contributed by atoms with van der Waals surface area (Å²) in [6.45, 7) is 11.6. The second-order valence-electron chi connectivity index (χ2n) is 8.86. The van der Waals surface area contributed by atoms with E-state index < -0.39 is 0 Å². The van der Waals surface area contributed by atoms with Crippen molar-refractivity contribution in [3.8, 4) is 0 Å². The molecule has 31 heavy (non-hydrogen) atoms. The van der Waals surface area contributed by atoms with Crippen molar-refractivity contribution in [1.82, 2.24) is 14.9 Å². The number of carbonyl (C=O) groups excluding carboxylic acids is 1. The fourth-order valence-electron chi connectivity index (χ4n) is 4.42. The number of unbranched alkanes of at least 4 members (excludes halogenated alkanes) is 4. The normalized spacial score (nSPS) is 14.2. The Bertz CT molecular complexity index is 872. The number of hydrogen-bond donors (Lipinski definition) is 0. The predicted octanol–water partition coefficient (Wildman–Crippen LogP) is 5.00. The molecule has 1 aromatic carbocycles. The highest BCUT2D eigenvalue weighted by atomic mass is 16.2. The predicted molar refractivity (Wildman–Crippen MR) is 128 cm³/mol. The van der Waals surface area contributed by atoms with Gasteiger partial charge in [0.2, 0.25) is 5.91 Å². The van der Waals surface area contributed by atoms with Crippen molar-refractivity contribution in [2.75, 3.05) is 31.1 Å². The van der Waals surface area contributed by atoms with Crippen molar-refractivity contribution >= 4 is 11.7 Å². The first-order valence-electron chi connectivity index (χ1n) is 11.9. The summed E-state index contributed by atoms with van der Waals surface area (Å²) in [5.74, 6) is 2.16. The first-order valence-corrected chi connectivity index (χ1v) is 11.9. The van der Waals surface area contributed by atoms with E-state index in [4.69, 9.17) is 4.98 Å². The van der Waals surface area contributed by atoms with Crippen molar-refractivity contribution in [2.45, 2.75) is 72.6 Å². The van der Waals surface area contributed by atoms with E-state index in [0.717, 1.165) is 56.4 Å². The van der Waals surface area contributed by atoms with E-state index in [1.807, 2.05) is 11.8 Å². The van der Waals surface area contributed by atoms with Crippen LogP contribution in [0.25, 0.3) is 0 Å². The summed E-state index contributed by atoms with van der Waals surface area (Å²) in [6.07, 6.45) is 7.46. The number of piperazine rings is 1. The van der Waals surface area contributed by atoms with E-state index >= 15 is 0 Å². The highest BCUT2D eigenvalue weighted by Crippen LogP contribution is 2.25. The number of aryl methyl sites for hydroxylation is 3. The van der Waals surface area contributed by atoms with Crippen LogP contribution in [-0.4, -0.2) is 47.0 Å². The lowest BCUT2D eigenvalue weighted by Crippen LogP contribution is -2.49. The smallest absolute Gasteiger partial charge is 0.222 e. The van der Waals surface area contributed by atoms with E-state index in [9.17, 15) is 4.79 Å². The summed E-state index contributed by atoms with van der Waals surface area (Å²) in [5, 5.41) is 0. The number of amides is 1. The molecule has 1 aliphatic heterocycles. The third-order valence-electron chi connectivity index (χ3n) is 6.19. The lowest BCUT2D eigenvalue weighted by atomic mass is 10.0. The number of benzene rings is 1. The van der Waals surface area contributed by atoms with Gasteiger partial charge in [0, 0.05) is 50.3 Å². The SMILES string of the molecule is CCCCCCCC(=O)N1CCN(c2nc(C)nc(C)c2Cc2cccc(C)c2)CC1. The van der Waals surface area contributed by atoms with E-state index in [1.165, 1.54) is 42.4 Å². The minimum absolute atomic E-state index is 0.311. The molecular weight excluding hydrogens is 384 g/mol. The maximum Gasteiger partial charge on any atom is 0.222 e. The molecule has 1 aromatic heterocycles. The van der Waals surface area contributed by atoms with Gasteiger partial charge >= 0.3 is 0 Å². The molecule has 1 amide bonds. The first kappa shape index (κ1) is 23.2. The maximum atomic E-state index is 12.6. The van der Waals surface area contributed by atoms with Crippen molar-refractivity contribution in [2.24, 2.45) is 0 Å². The Kier molecular flexibility index (Phi) is 8.44. The van der Waals surface area contributed by atoms with Crippen LogP contribution < -0.4 is 4.90 Å². The van der Waals surface area contributed by atoms with Gasteiger partial charge in [0.05, 0.1) is 0 Å². The molecule has 5 heteroatoms. The summed E-state index contributed by atoms with van der Waals surface area (Å²) in [7, 11) is 0. The molecular formula is C26H38N4O. The van der Waals surface area contributed by atoms with Crippen LogP contribution in [-0.2, 0) is 11.2 Å². The summed E-state index contributed by atoms with van der Waals surface area (Å²) in [5.41, 5.74) is 4.81. The Hall–Kier alpha value is -2.43. The molecule has 0 bridgehead atoms. The van der Waals surface area contributed by atoms with Crippen LogP contribution >= 0.6 is 0 Å². The van der Waals surface area contributed by atoms with E-state index in [1.54, 1.807) is 0 Å². The van der Waals surface area contributed by atoms with Crippen molar-refractivity contribution in [1.29, 1.82) is 0 Å². The van der Waals surface area contributed by atoms with Gasteiger partial charge in [-0.25, -0.2) is 9.97 Å². The zero-order valence-corrected chi connectivity index (χ0v) is 19.8. The van der Waals surface area contributed by atoms with Gasteiger partial charge < -0.3 is 9.80 Å². The summed E-state index contributed by atoms with van der Waals surface area (Å²) >= 11 is 0. The van der Waals surface area contributed by atoms with Crippen LogP contribution in [0.1, 0.15) is 73.7 Å². The lowest BCUT2D eigenvalue weighted by molar-refractivity contribution is -0.131. The Morgan fingerprint density at radius 3 is 2.42 bits per heavy atom. The summed E-state index contributed by atoms with van der Waals surface area (Å²) in [4.78, 5) is 26.5. The molecule has 1 fully saturated rings. The van der Waals surface area contributed by atoms with Gasteiger partial charge in [-0.3, -0.25) is 4.79 Å². The molecule has 3 rings (SSSR count).